The Morgan fingerprint density at radius 1 is 1.27 bits per heavy atom. The summed E-state index contributed by atoms with van der Waals surface area (Å²) in [4.78, 5) is 13.2. The molecule has 2 saturated heterocycles. The third-order valence-corrected chi connectivity index (χ3v) is 3.98. The van der Waals surface area contributed by atoms with Crippen LogP contribution in [0.1, 0.15) is 26.7 Å². The molecule has 0 saturated carbocycles. The van der Waals surface area contributed by atoms with E-state index in [4.69, 9.17) is 0 Å². The number of likely N-dealkylation sites (tertiary alicyclic amines) is 1. The number of amides is 1. The highest BCUT2D eigenvalue weighted by Gasteiger charge is 2.33. The SMILES string of the molecule is C[C](C1CCNC1)C1CCN(C(C)=O)C1. The maximum Gasteiger partial charge on any atom is 0.219 e. The molecule has 1 radical (unpaired) electrons. The lowest BCUT2D eigenvalue weighted by Crippen LogP contribution is -2.28. The Balaban J connectivity index is 1.86. The fraction of sp³-hybridized carbons (Fsp3) is 0.833. The molecule has 3 nitrogen and oxygen atoms in total. The quantitative estimate of drug-likeness (QED) is 0.737. The van der Waals surface area contributed by atoms with Gasteiger partial charge in [-0.1, -0.05) is 6.92 Å². The highest BCUT2D eigenvalue weighted by molar-refractivity contribution is 5.73. The molecule has 1 amide bonds. The second-order valence-electron chi connectivity index (χ2n) is 4.88. The number of nitrogens with one attached hydrogen (secondary N) is 1. The molecule has 2 heterocycles. The molecule has 0 bridgehead atoms. The predicted octanol–water partition coefficient (Wildman–Crippen LogP) is 1.06. The van der Waals surface area contributed by atoms with Crippen LogP contribution in [0.3, 0.4) is 0 Å². The van der Waals surface area contributed by atoms with Crippen LogP contribution in [0, 0.1) is 17.8 Å². The Morgan fingerprint density at radius 3 is 2.60 bits per heavy atom. The van der Waals surface area contributed by atoms with Gasteiger partial charge in [-0.3, -0.25) is 4.79 Å². The smallest absolute Gasteiger partial charge is 0.219 e. The first-order valence-electron chi connectivity index (χ1n) is 5.98. The van der Waals surface area contributed by atoms with Crippen molar-refractivity contribution in [3.63, 3.8) is 0 Å². The molecular formula is C12H21N2O. The minimum atomic E-state index is 0.231. The number of carbonyl (C=O) groups is 1. The fourth-order valence-corrected chi connectivity index (χ4v) is 2.79. The molecule has 2 fully saturated rings. The van der Waals surface area contributed by atoms with Gasteiger partial charge in [0.25, 0.3) is 0 Å². The maximum atomic E-state index is 11.2. The molecule has 2 aliphatic heterocycles. The first-order valence-corrected chi connectivity index (χ1v) is 5.98. The largest absolute Gasteiger partial charge is 0.343 e. The van der Waals surface area contributed by atoms with Crippen molar-refractivity contribution in [3.8, 4) is 0 Å². The molecule has 85 valence electrons. The van der Waals surface area contributed by atoms with E-state index in [1.165, 1.54) is 12.8 Å². The van der Waals surface area contributed by atoms with Crippen molar-refractivity contribution in [1.82, 2.24) is 10.2 Å². The van der Waals surface area contributed by atoms with Gasteiger partial charge in [0.2, 0.25) is 5.91 Å². The second-order valence-corrected chi connectivity index (χ2v) is 4.88. The monoisotopic (exact) mass is 209 g/mol. The highest BCUT2D eigenvalue weighted by Crippen LogP contribution is 2.33. The summed E-state index contributed by atoms with van der Waals surface area (Å²) in [5, 5.41) is 3.41. The van der Waals surface area contributed by atoms with E-state index in [1.54, 1.807) is 12.8 Å². The van der Waals surface area contributed by atoms with Crippen LogP contribution in [0.25, 0.3) is 0 Å². The first-order chi connectivity index (χ1) is 7.18. The Hall–Kier alpha value is -0.570. The van der Waals surface area contributed by atoms with Crippen LogP contribution in [-0.2, 0) is 4.79 Å². The summed E-state index contributed by atoms with van der Waals surface area (Å²) in [5.41, 5.74) is 0. The van der Waals surface area contributed by atoms with Crippen molar-refractivity contribution < 1.29 is 4.79 Å². The molecule has 15 heavy (non-hydrogen) atoms. The van der Waals surface area contributed by atoms with Gasteiger partial charge in [-0.25, -0.2) is 0 Å². The van der Waals surface area contributed by atoms with Crippen molar-refractivity contribution in [1.29, 1.82) is 0 Å². The zero-order valence-corrected chi connectivity index (χ0v) is 9.75. The van der Waals surface area contributed by atoms with E-state index < -0.39 is 0 Å². The standard InChI is InChI=1S/C12H21N2O/c1-9(11-3-5-13-7-11)12-4-6-14(8-12)10(2)15/h11-13H,3-8H2,1-2H3. The van der Waals surface area contributed by atoms with E-state index >= 15 is 0 Å². The van der Waals surface area contributed by atoms with Crippen molar-refractivity contribution >= 4 is 5.91 Å². The van der Waals surface area contributed by atoms with E-state index in [2.05, 4.69) is 12.2 Å². The minimum Gasteiger partial charge on any atom is -0.343 e. The van der Waals surface area contributed by atoms with Crippen molar-refractivity contribution in [2.75, 3.05) is 26.2 Å². The Labute approximate surface area is 92.2 Å². The van der Waals surface area contributed by atoms with Gasteiger partial charge in [-0.2, -0.15) is 0 Å². The zero-order chi connectivity index (χ0) is 10.8. The average Bonchev–Trinajstić information content (AvgIpc) is 2.88. The minimum absolute atomic E-state index is 0.231. The van der Waals surface area contributed by atoms with Crippen molar-refractivity contribution in [3.05, 3.63) is 5.92 Å². The van der Waals surface area contributed by atoms with Gasteiger partial charge in [0.05, 0.1) is 0 Å². The van der Waals surface area contributed by atoms with Gasteiger partial charge < -0.3 is 10.2 Å². The summed E-state index contributed by atoms with van der Waals surface area (Å²) in [6.07, 6.45) is 2.45. The van der Waals surface area contributed by atoms with Gasteiger partial charge in [0, 0.05) is 20.0 Å². The molecule has 0 aromatic carbocycles. The lowest BCUT2D eigenvalue weighted by molar-refractivity contribution is -0.127. The van der Waals surface area contributed by atoms with Gasteiger partial charge in [0.15, 0.2) is 0 Å². The van der Waals surface area contributed by atoms with E-state index in [-0.39, 0.29) is 5.91 Å². The molecule has 0 aromatic heterocycles. The first kappa shape index (κ1) is 10.9. The summed E-state index contributed by atoms with van der Waals surface area (Å²) >= 11 is 0. The summed E-state index contributed by atoms with van der Waals surface area (Å²) in [7, 11) is 0. The third-order valence-electron chi connectivity index (χ3n) is 3.98. The zero-order valence-electron chi connectivity index (χ0n) is 9.75. The summed E-state index contributed by atoms with van der Waals surface area (Å²) in [6, 6.07) is 0. The lowest BCUT2D eigenvalue weighted by Gasteiger charge is -2.24. The predicted molar refractivity (Wildman–Crippen MR) is 60.3 cm³/mol. The van der Waals surface area contributed by atoms with Crippen LogP contribution < -0.4 is 5.32 Å². The molecule has 1 N–H and O–H groups in total. The third kappa shape index (κ3) is 2.33. The summed E-state index contributed by atoms with van der Waals surface area (Å²) in [5.74, 6) is 3.25. The van der Waals surface area contributed by atoms with Crippen LogP contribution in [0.2, 0.25) is 0 Å². The second kappa shape index (κ2) is 4.52. The van der Waals surface area contributed by atoms with Crippen LogP contribution in [0.15, 0.2) is 0 Å². The van der Waals surface area contributed by atoms with E-state index in [9.17, 15) is 4.79 Å². The molecule has 2 rings (SSSR count). The van der Waals surface area contributed by atoms with Crippen LogP contribution >= 0.6 is 0 Å². The van der Waals surface area contributed by atoms with Gasteiger partial charge >= 0.3 is 0 Å². The number of hydrogen-bond acceptors (Lipinski definition) is 2. The van der Waals surface area contributed by atoms with Crippen molar-refractivity contribution in [2.45, 2.75) is 26.7 Å². The molecule has 0 aliphatic carbocycles. The number of rotatable bonds is 2. The topological polar surface area (TPSA) is 32.3 Å². The van der Waals surface area contributed by atoms with Gasteiger partial charge in [-0.15, -0.1) is 0 Å². The van der Waals surface area contributed by atoms with Gasteiger partial charge in [0.1, 0.15) is 0 Å². The summed E-state index contributed by atoms with van der Waals surface area (Å²) < 4.78 is 0. The number of nitrogens with zero attached hydrogens (tertiary/aromatic N) is 1. The van der Waals surface area contributed by atoms with Crippen LogP contribution in [0.5, 0.6) is 0 Å². The average molecular weight is 209 g/mol. The maximum absolute atomic E-state index is 11.2. The van der Waals surface area contributed by atoms with Crippen LogP contribution in [0.4, 0.5) is 0 Å². The number of carbonyl (C=O) groups excluding carboxylic acids is 1. The lowest BCUT2D eigenvalue weighted by atomic mass is 9.82. The summed E-state index contributed by atoms with van der Waals surface area (Å²) in [6.45, 7) is 8.17. The molecule has 0 spiro atoms. The van der Waals surface area contributed by atoms with Crippen molar-refractivity contribution in [2.24, 2.45) is 11.8 Å². The van der Waals surface area contributed by atoms with Gasteiger partial charge in [-0.05, 0) is 43.7 Å². The van der Waals surface area contributed by atoms with E-state index in [0.717, 1.165) is 32.1 Å². The Bertz CT molecular complexity index is 236. The normalized spacial score (nSPS) is 31.5. The fourth-order valence-electron chi connectivity index (χ4n) is 2.79. The molecule has 2 atom stereocenters. The van der Waals surface area contributed by atoms with E-state index in [0.29, 0.717) is 5.92 Å². The number of hydrogen-bond donors (Lipinski definition) is 1. The van der Waals surface area contributed by atoms with Crippen LogP contribution in [-0.4, -0.2) is 37.0 Å². The Morgan fingerprint density at radius 2 is 2.07 bits per heavy atom. The Kier molecular flexibility index (Phi) is 3.29. The molecule has 0 aromatic rings. The molecule has 2 aliphatic rings. The highest BCUT2D eigenvalue weighted by atomic mass is 16.2. The van der Waals surface area contributed by atoms with E-state index in [1.807, 2.05) is 4.90 Å². The molecule has 3 heteroatoms. The molecular weight excluding hydrogens is 188 g/mol. The molecule has 2 unspecified atom stereocenters.